The second-order valence-corrected chi connectivity index (χ2v) is 12.0. The van der Waals surface area contributed by atoms with Crippen molar-refractivity contribution >= 4 is 23.5 Å². The third kappa shape index (κ3) is 7.56. The number of carbonyl (C=O) groups is 4. The minimum Gasteiger partial charge on any atom is -0.497 e. The van der Waals surface area contributed by atoms with Crippen molar-refractivity contribution in [1.82, 2.24) is 20.9 Å². The molecule has 1 aromatic carbocycles. The Balaban J connectivity index is 1.29. The predicted octanol–water partition coefficient (Wildman–Crippen LogP) is 1.05. The Morgan fingerprint density at radius 1 is 1.02 bits per heavy atom. The summed E-state index contributed by atoms with van der Waals surface area (Å²) in [7, 11) is 1.58. The van der Waals surface area contributed by atoms with Gasteiger partial charge >= 0.3 is 0 Å². The number of rotatable bonds is 14. The first-order chi connectivity index (χ1) is 20.2. The van der Waals surface area contributed by atoms with Crippen LogP contribution in [0.3, 0.4) is 0 Å². The molecule has 4 aliphatic rings. The monoisotopic (exact) mass is 582 g/mol. The van der Waals surface area contributed by atoms with E-state index >= 15 is 0 Å². The summed E-state index contributed by atoms with van der Waals surface area (Å²) < 4.78 is 16.0. The van der Waals surface area contributed by atoms with E-state index in [0.717, 1.165) is 30.4 Å². The Hall–Kier alpha value is -3.28. The van der Waals surface area contributed by atoms with Crippen LogP contribution in [0.2, 0.25) is 0 Å². The number of nitrogens with zero attached hydrogens (tertiary/aromatic N) is 1. The minimum atomic E-state index is -1.04. The zero-order valence-electron chi connectivity index (χ0n) is 24.5. The van der Waals surface area contributed by atoms with E-state index < -0.39 is 35.0 Å². The molecular weight excluding hydrogens is 540 g/mol. The number of Topliss-reactive ketones (excluding diaryl/α,β-unsaturated/α-hetero) is 1. The maximum absolute atomic E-state index is 13.8. The normalized spacial score (nSPS) is 24.1. The molecule has 228 valence electrons. The molecule has 3 fully saturated rings. The lowest BCUT2D eigenvalue weighted by molar-refractivity contribution is -0.135. The van der Waals surface area contributed by atoms with E-state index in [4.69, 9.17) is 14.2 Å². The molecule has 2 aliphatic heterocycles. The number of methoxy groups -OCH3 is 1. The summed E-state index contributed by atoms with van der Waals surface area (Å²) in [6.07, 6.45) is 6.66. The second kappa shape index (κ2) is 12.9. The summed E-state index contributed by atoms with van der Waals surface area (Å²) in [4.78, 5) is 55.5. The summed E-state index contributed by atoms with van der Waals surface area (Å²) in [6, 6.07) is 5.56. The van der Waals surface area contributed by atoms with Crippen LogP contribution in [-0.4, -0.2) is 98.2 Å². The lowest BCUT2D eigenvalue weighted by atomic mass is 9.94. The van der Waals surface area contributed by atoms with Gasteiger partial charge in [-0.15, -0.1) is 0 Å². The molecule has 1 saturated carbocycles. The first-order valence-electron chi connectivity index (χ1n) is 14.9. The van der Waals surface area contributed by atoms with Gasteiger partial charge in [-0.05, 0) is 63.1 Å². The molecule has 2 aliphatic carbocycles. The molecular formula is C31H42N4O7. The van der Waals surface area contributed by atoms with Crippen molar-refractivity contribution < 1.29 is 33.4 Å². The number of allylic oxidation sites excluding steroid dienone is 1. The van der Waals surface area contributed by atoms with E-state index in [0.29, 0.717) is 57.9 Å². The maximum Gasteiger partial charge on any atom is 0.246 e. The van der Waals surface area contributed by atoms with Crippen molar-refractivity contribution in [2.75, 3.05) is 46.6 Å². The topological polar surface area (TPSA) is 139 Å². The molecule has 42 heavy (non-hydrogen) atoms. The van der Waals surface area contributed by atoms with E-state index in [1.807, 2.05) is 17.0 Å². The number of nitrogens with one attached hydrogen (secondary N) is 3. The third-order valence-corrected chi connectivity index (χ3v) is 8.59. The number of amides is 3. The summed E-state index contributed by atoms with van der Waals surface area (Å²) >= 11 is 0. The van der Waals surface area contributed by atoms with Gasteiger partial charge in [-0.2, -0.15) is 0 Å². The van der Waals surface area contributed by atoms with E-state index in [-0.39, 0.29) is 24.7 Å². The van der Waals surface area contributed by atoms with Crippen LogP contribution in [0.4, 0.5) is 0 Å². The van der Waals surface area contributed by atoms with Gasteiger partial charge in [0.05, 0.1) is 39.5 Å². The number of hydrogen-bond acceptors (Lipinski definition) is 8. The Labute approximate surface area is 246 Å². The van der Waals surface area contributed by atoms with E-state index in [9.17, 15) is 19.2 Å². The van der Waals surface area contributed by atoms with Gasteiger partial charge in [0.1, 0.15) is 22.9 Å². The number of benzene rings is 1. The molecule has 2 heterocycles. The van der Waals surface area contributed by atoms with E-state index in [2.05, 4.69) is 22.0 Å². The van der Waals surface area contributed by atoms with Gasteiger partial charge in [0.2, 0.25) is 17.7 Å². The van der Waals surface area contributed by atoms with Crippen LogP contribution in [-0.2, 0) is 35.1 Å². The molecule has 2 saturated heterocycles. The Kier molecular flexibility index (Phi) is 9.29. The van der Waals surface area contributed by atoms with Crippen LogP contribution >= 0.6 is 0 Å². The molecule has 0 radical (unpaired) electrons. The highest BCUT2D eigenvalue weighted by molar-refractivity contribution is 6.00. The zero-order valence-corrected chi connectivity index (χ0v) is 24.5. The zero-order chi connectivity index (χ0) is 29.7. The lowest BCUT2D eigenvalue weighted by Crippen LogP contribution is -2.58. The van der Waals surface area contributed by atoms with Gasteiger partial charge in [-0.1, -0.05) is 23.8 Å². The summed E-state index contributed by atoms with van der Waals surface area (Å²) in [5, 5.41) is 8.77. The van der Waals surface area contributed by atoms with Gasteiger partial charge in [0.15, 0.2) is 5.78 Å². The molecule has 0 bridgehead atoms. The van der Waals surface area contributed by atoms with Crippen LogP contribution in [0, 0.1) is 0 Å². The van der Waals surface area contributed by atoms with E-state index in [1.165, 1.54) is 0 Å². The highest BCUT2D eigenvalue weighted by Crippen LogP contribution is 2.36. The van der Waals surface area contributed by atoms with Crippen LogP contribution in [0.15, 0.2) is 35.9 Å². The average molecular weight is 583 g/mol. The standard InChI is InChI=1S/C31H42N4O7/c1-30(20-42-30)27(37)24(17-21-5-3-4-6-21)32-28(38)25(18-22-7-9-23(40-2)10-8-22)33-29(39)31(11-12-31)34-26(36)19-35-13-15-41-16-14-35/h5,7-10,24-25H,3-4,6,11-20H2,1-2H3,(H,32,38)(H,33,39)(H,34,36)/t24-,25-,30+/m0/s1. The number of morpholine rings is 1. The average Bonchev–Trinajstić information content (AvgIpc) is 3.89. The number of carbonyl (C=O) groups excluding carboxylic acids is 4. The van der Waals surface area contributed by atoms with Gasteiger partial charge in [-0.3, -0.25) is 24.1 Å². The Morgan fingerprint density at radius 2 is 1.74 bits per heavy atom. The van der Waals surface area contributed by atoms with Gasteiger partial charge < -0.3 is 30.2 Å². The third-order valence-electron chi connectivity index (χ3n) is 8.59. The minimum absolute atomic E-state index is 0.160. The molecule has 3 atom stereocenters. The molecule has 5 rings (SSSR count). The fourth-order valence-electron chi connectivity index (χ4n) is 5.59. The summed E-state index contributed by atoms with van der Waals surface area (Å²) in [5.41, 5.74) is 0.0280. The first-order valence-corrected chi connectivity index (χ1v) is 14.9. The van der Waals surface area contributed by atoms with Crippen LogP contribution < -0.4 is 20.7 Å². The number of ether oxygens (including phenoxy) is 3. The van der Waals surface area contributed by atoms with Gasteiger partial charge in [0.25, 0.3) is 0 Å². The van der Waals surface area contributed by atoms with Crippen LogP contribution in [0.5, 0.6) is 5.75 Å². The first kappa shape index (κ1) is 30.2. The van der Waals surface area contributed by atoms with Crippen molar-refractivity contribution in [2.24, 2.45) is 0 Å². The fraction of sp³-hybridized carbons (Fsp3) is 0.613. The highest BCUT2D eigenvalue weighted by atomic mass is 16.6. The fourth-order valence-corrected chi connectivity index (χ4v) is 5.59. The molecule has 3 N–H and O–H groups in total. The molecule has 1 aromatic rings. The summed E-state index contributed by atoms with van der Waals surface area (Å²) in [5.74, 6) is -0.556. The number of ketones is 1. The Morgan fingerprint density at radius 3 is 2.33 bits per heavy atom. The second-order valence-electron chi connectivity index (χ2n) is 12.0. The predicted molar refractivity (Wildman–Crippen MR) is 154 cm³/mol. The molecule has 0 spiro atoms. The van der Waals surface area contributed by atoms with Crippen molar-refractivity contribution in [3.8, 4) is 5.75 Å². The number of epoxide rings is 1. The van der Waals surface area contributed by atoms with Crippen molar-refractivity contribution in [1.29, 1.82) is 0 Å². The molecule has 0 aromatic heterocycles. The van der Waals surface area contributed by atoms with Crippen LogP contribution in [0.25, 0.3) is 0 Å². The van der Waals surface area contributed by atoms with Crippen molar-refractivity contribution in [2.45, 2.75) is 75.1 Å². The van der Waals surface area contributed by atoms with Crippen molar-refractivity contribution in [3.63, 3.8) is 0 Å². The van der Waals surface area contributed by atoms with Crippen molar-refractivity contribution in [3.05, 3.63) is 41.5 Å². The SMILES string of the molecule is COc1ccc(C[C@H](NC(=O)C2(NC(=O)CN3CCOCC3)CC2)C(=O)N[C@@H](CC2=CCCC2)C(=O)[C@@]2(C)CO2)cc1. The molecule has 0 unspecified atom stereocenters. The quantitative estimate of drug-likeness (QED) is 0.219. The van der Waals surface area contributed by atoms with Gasteiger partial charge in [0, 0.05) is 19.5 Å². The van der Waals surface area contributed by atoms with Crippen LogP contribution in [0.1, 0.15) is 51.0 Å². The Bertz CT molecular complexity index is 1200. The molecule has 3 amide bonds. The highest BCUT2D eigenvalue weighted by Gasteiger charge is 2.53. The van der Waals surface area contributed by atoms with Gasteiger partial charge in [-0.25, -0.2) is 0 Å². The maximum atomic E-state index is 13.8. The number of hydrogen-bond donors (Lipinski definition) is 3. The summed E-state index contributed by atoms with van der Waals surface area (Å²) in [6.45, 7) is 4.74. The molecule has 11 nitrogen and oxygen atoms in total. The lowest BCUT2D eigenvalue weighted by Gasteiger charge is -2.28. The largest absolute Gasteiger partial charge is 0.497 e. The molecule has 11 heteroatoms. The smallest absolute Gasteiger partial charge is 0.246 e. The van der Waals surface area contributed by atoms with E-state index in [1.54, 1.807) is 26.2 Å².